The molecule has 3 aromatic carbocycles. The molecule has 3 aromatic rings. The van der Waals surface area contributed by atoms with Crippen molar-refractivity contribution >= 4 is 21.5 Å². The number of fused-ring (bicyclic) bond motifs is 2. The molecular formula is C18H20N2. The molecule has 4 N–H and O–H groups in total. The lowest BCUT2D eigenvalue weighted by molar-refractivity contribution is 0.625. The van der Waals surface area contributed by atoms with Gasteiger partial charge < -0.3 is 11.5 Å². The molecule has 0 spiro atoms. The molecule has 0 aromatic heterocycles. The van der Waals surface area contributed by atoms with Crippen molar-refractivity contribution in [2.45, 2.75) is 18.9 Å². The van der Waals surface area contributed by atoms with Crippen LogP contribution in [-0.2, 0) is 0 Å². The summed E-state index contributed by atoms with van der Waals surface area (Å²) in [5.74, 6) is 0. The van der Waals surface area contributed by atoms with Crippen molar-refractivity contribution in [3.8, 4) is 0 Å². The second-order valence-electron chi connectivity index (χ2n) is 5.27. The van der Waals surface area contributed by atoms with Crippen LogP contribution in [0.5, 0.6) is 0 Å². The Morgan fingerprint density at radius 1 is 0.850 bits per heavy atom. The molecular weight excluding hydrogens is 244 g/mol. The quantitative estimate of drug-likeness (QED) is 0.705. The van der Waals surface area contributed by atoms with Crippen molar-refractivity contribution < 1.29 is 0 Å². The topological polar surface area (TPSA) is 52.0 Å². The maximum absolute atomic E-state index is 6.46. The molecule has 2 heteroatoms. The van der Waals surface area contributed by atoms with Crippen molar-refractivity contribution in [3.05, 3.63) is 60.2 Å². The summed E-state index contributed by atoms with van der Waals surface area (Å²) in [6.45, 7) is 0.691. The zero-order valence-corrected chi connectivity index (χ0v) is 11.5. The third-order valence-electron chi connectivity index (χ3n) is 3.90. The van der Waals surface area contributed by atoms with Crippen molar-refractivity contribution in [1.82, 2.24) is 0 Å². The molecule has 0 saturated heterocycles. The van der Waals surface area contributed by atoms with E-state index in [4.69, 9.17) is 11.5 Å². The fourth-order valence-electron chi connectivity index (χ4n) is 2.93. The van der Waals surface area contributed by atoms with Crippen LogP contribution < -0.4 is 11.5 Å². The Hall–Kier alpha value is -1.90. The van der Waals surface area contributed by atoms with Gasteiger partial charge in [-0.2, -0.15) is 0 Å². The summed E-state index contributed by atoms with van der Waals surface area (Å²) in [7, 11) is 0. The highest BCUT2D eigenvalue weighted by molar-refractivity contribution is 6.02. The Balaban J connectivity index is 2.27. The van der Waals surface area contributed by atoms with Gasteiger partial charge in [-0.15, -0.1) is 0 Å². The third kappa shape index (κ3) is 2.28. The van der Waals surface area contributed by atoms with E-state index < -0.39 is 0 Å². The van der Waals surface area contributed by atoms with Crippen molar-refractivity contribution in [1.29, 1.82) is 0 Å². The minimum atomic E-state index is 0.0366. The molecule has 0 amide bonds. The fourth-order valence-corrected chi connectivity index (χ4v) is 2.93. The first kappa shape index (κ1) is 13.1. The number of benzene rings is 3. The van der Waals surface area contributed by atoms with Gasteiger partial charge in [0.05, 0.1) is 0 Å². The van der Waals surface area contributed by atoms with Crippen LogP contribution >= 0.6 is 0 Å². The summed E-state index contributed by atoms with van der Waals surface area (Å²) in [6.07, 6.45) is 1.88. The predicted molar refractivity (Wildman–Crippen MR) is 86.7 cm³/mol. The maximum Gasteiger partial charge on any atom is 0.0307 e. The Morgan fingerprint density at radius 3 is 1.95 bits per heavy atom. The molecule has 0 saturated carbocycles. The summed E-state index contributed by atoms with van der Waals surface area (Å²) in [5.41, 5.74) is 13.3. The smallest absolute Gasteiger partial charge is 0.0307 e. The van der Waals surface area contributed by atoms with E-state index in [2.05, 4.69) is 54.6 Å². The number of nitrogens with two attached hydrogens (primary N) is 2. The van der Waals surface area contributed by atoms with Crippen molar-refractivity contribution in [2.24, 2.45) is 11.5 Å². The average Bonchev–Trinajstić information content (AvgIpc) is 2.50. The highest BCUT2D eigenvalue weighted by atomic mass is 14.6. The van der Waals surface area contributed by atoms with E-state index in [1.807, 2.05) is 0 Å². The summed E-state index contributed by atoms with van der Waals surface area (Å²) in [6, 6.07) is 19.2. The zero-order chi connectivity index (χ0) is 13.9. The molecule has 0 aliphatic carbocycles. The van der Waals surface area contributed by atoms with E-state index in [0.717, 1.165) is 12.8 Å². The Labute approximate surface area is 119 Å². The second kappa shape index (κ2) is 5.61. The molecule has 1 atom stereocenters. The minimum absolute atomic E-state index is 0.0366. The lowest BCUT2D eigenvalue weighted by Crippen LogP contribution is -2.13. The lowest BCUT2D eigenvalue weighted by atomic mass is 9.91. The van der Waals surface area contributed by atoms with Gasteiger partial charge in [0.1, 0.15) is 0 Å². The average molecular weight is 264 g/mol. The van der Waals surface area contributed by atoms with Gasteiger partial charge in [0.15, 0.2) is 0 Å². The number of hydrogen-bond acceptors (Lipinski definition) is 2. The molecule has 0 heterocycles. The van der Waals surface area contributed by atoms with Gasteiger partial charge >= 0.3 is 0 Å². The van der Waals surface area contributed by atoms with E-state index >= 15 is 0 Å². The largest absolute Gasteiger partial charge is 0.330 e. The lowest BCUT2D eigenvalue weighted by Gasteiger charge is -2.17. The first-order valence-electron chi connectivity index (χ1n) is 7.17. The second-order valence-corrected chi connectivity index (χ2v) is 5.27. The van der Waals surface area contributed by atoms with Gasteiger partial charge in [-0.1, -0.05) is 48.5 Å². The molecule has 102 valence electrons. The Bertz CT molecular complexity index is 680. The molecule has 0 aliphatic rings. The zero-order valence-electron chi connectivity index (χ0n) is 11.5. The molecule has 2 nitrogen and oxygen atoms in total. The van der Waals surface area contributed by atoms with Crippen LogP contribution in [-0.4, -0.2) is 6.54 Å². The predicted octanol–water partition coefficient (Wildman–Crippen LogP) is 3.73. The van der Waals surface area contributed by atoms with E-state index in [9.17, 15) is 0 Å². The van der Waals surface area contributed by atoms with E-state index in [-0.39, 0.29) is 6.04 Å². The van der Waals surface area contributed by atoms with Crippen LogP contribution in [0.25, 0.3) is 21.5 Å². The SMILES string of the molecule is NCCC[C@H](N)c1c2ccccc2cc2ccccc12. The first-order chi connectivity index (χ1) is 9.81. The highest BCUT2D eigenvalue weighted by Crippen LogP contribution is 2.33. The molecule has 0 radical (unpaired) electrons. The van der Waals surface area contributed by atoms with Gasteiger partial charge in [0.25, 0.3) is 0 Å². The Morgan fingerprint density at radius 2 is 1.40 bits per heavy atom. The molecule has 0 unspecified atom stereocenters. The number of rotatable bonds is 4. The van der Waals surface area contributed by atoms with Gasteiger partial charge in [-0.3, -0.25) is 0 Å². The summed E-state index contributed by atoms with van der Waals surface area (Å²) < 4.78 is 0. The molecule has 0 aliphatic heterocycles. The van der Waals surface area contributed by atoms with Crippen LogP contribution in [0.1, 0.15) is 24.4 Å². The molecule has 3 rings (SSSR count). The van der Waals surface area contributed by atoms with Crippen LogP contribution in [0.2, 0.25) is 0 Å². The highest BCUT2D eigenvalue weighted by Gasteiger charge is 2.13. The Kier molecular flexibility index (Phi) is 3.68. The van der Waals surface area contributed by atoms with Gasteiger partial charge in [0, 0.05) is 6.04 Å². The van der Waals surface area contributed by atoms with Crippen LogP contribution in [0.15, 0.2) is 54.6 Å². The van der Waals surface area contributed by atoms with E-state index in [0.29, 0.717) is 6.54 Å². The van der Waals surface area contributed by atoms with Gasteiger partial charge in [-0.25, -0.2) is 0 Å². The summed E-state index contributed by atoms with van der Waals surface area (Å²) in [5, 5.41) is 5.03. The van der Waals surface area contributed by atoms with Crippen LogP contribution in [0, 0.1) is 0 Å². The van der Waals surface area contributed by atoms with Gasteiger partial charge in [0.2, 0.25) is 0 Å². The van der Waals surface area contributed by atoms with Crippen LogP contribution in [0.3, 0.4) is 0 Å². The monoisotopic (exact) mass is 264 g/mol. The fraction of sp³-hybridized carbons (Fsp3) is 0.222. The van der Waals surface area contributed by atoms with Crippen LogP contribution in [0.4, 0.5) is 0 Å². The molecule has 0 fully saturated rings. The number of hydrogen-bond donors (Lipinski definition) is 2. The standard InChI is InChI=1S/C18H20N2/c19-11-5-10-17(20)18-15-8-3-1-6-13(15)12-14-7-2-4-9-16(14)18/h1-4,6-9,12,17H,5,10-11,19-20H2/t17-/m0/s1. The normalized spacial score (nSPS) is 12.9. The molecule has 0 bridgehead atoms. The van der Waals surface area contributed by atoms with Crippen molar-refractivity contribution in [2.75, 3.05) is 6.54 Å². The summed E-state index contributed by atoms with van der Waals surface area (Å²) >= 11 is 0. The maximum atomic E-state index is 6.46. The van der Waals surface area contributed by atoms with Gasteiger partial charge in [-0.05, 0) is 52.6 Å². The van der Waals surface area contributed by atoms with Crippen molar-refractivity contribution in [3.63, 3.8) is 0 Å². The first-order valence-corrected chi connectivity index (χ1v) is 7.17. The van der Waals surface area contributed by atoms with E-state index in [1.54, 1.807) is 0 Å². The molecule has 20 heavy (non-hydrogen) atoms. The summed E-state index contributed by atoms with van der Waals surface area (Å²) in [4.78, 5) is 0. The minimum Gasteiger partial charge on any atom is -0.330 e. The van der Waals surface area contributed by atoms with E-state index in [1.165, 1.54) is 27.1 Å². The third-order valence-corrected chi connectivity index (χ3v) is 3.90.